The molecule has 33 heavy (non-hydrogen) atoms. The van der Waals surface area contributed by atoms with Gasteiger partial charge < -0.3 is 19.7 Å². The quantitative estimate of drug-likeness (QED) is 0.468. The molecular formula is C24H29N7O2. The molecule has 0 unspecified atom stereocenters. The molecule has 0 bridgehead atoms. The van der Waals surface area contributed by atoms with Gasteiger partial charge in [-0.15, -0.1) is 0 Å². The first-order chi connectivity index (χ1) is 16.1. The number of pyridine rings is 1. The Kier molecular flexibility index (Phi) is 5.82. The van der Waals surface area contributed by atoms with E-state index < -0.39 is 0 Å². The highest BCUT2D eigenvalue weighted by atomic mass is 16.5. The molecule has 1 fully saturated rings. The Labute approximate surface area is 192 Å². The molecule has 0 amide bonds. The lowest BCUT2D eigenvalue weighted by molar-refractivity contribution is 0.0985. The molecule has 1 aliphatic heterocycles. The van der Waals surface area contributed by atoms with Crippen LogP contribution in [0, 0.1) is 13.8 Å². The highest BCUT2D eigenvalue weighted by molar-refractivity contribution is 5.91. The zero-order valence-electron chi connectivity index (χ0n) is 19.2. The van der Waals surface area contributed by atoms with E-state index in [0.717, 1.165) is 51.6 Å². The van der Waals surface area contributed by atoms with E-state index in [4.69, 9.17) is 19.8 Å². The zero-order chi connectivity index (χ0) is 22.9. The third-order valence-electron chi connectivity index (χ3n) is 6.24. The number of anilines is 1. The molecule has 4 aromatic rings. The summed E-state index contributed by atoms with van der Waals surface area (Å²) in [5.74, 6) is 1.54. The smallest absolute Gasteiger partial charge is 0.162 e. The number of aromatic nitrogens is 6. The fourth-order valence-corrected chi connectivity index (χ4v) is 4.56. The number of rotatable bonds is 6. The monoisotopic (exact) mass is 447 g/mol. The standard InChI is InChI=1S/C24H29N7O2/c1-15-14-33-12-10-30(15)21-13-20(22-16(2)29-31(17(22)3)9-4-11-32)27-24(28-21)19-6-8-26-23-18(19)5-7-25-23/h5-8,13,15,32H,4,9-12,14H2,1-3H3,(H,25,26)/t15-/m1/s1. The third kappa shape index (κ3) is 3.98. The number of aliphatic hydroxyl groups excluding tert-OH is 1. The van der Waals surface area contributed by atoms with Crippen molar-refractivity contribution in [3.8, 4) is 22.6 Å². The molecule has 1 aliphatic rings. The number of morpholine rings is 1. The van der Waals surface area contributed by atoms with Gasteiger partial charge in [-0.05, 0) is 39.3 Å². The van der Waals surface area contributed by atoms with Crippen molar-refractivity contribution in [1.29, 1.82) is 0 Å². The number of H-pyrrole nitrogens is 1. The third-order valence-corrected chi connectivity index (χ3v) is 6.24. The first kappa shape index (κ1) is 21.5. The maximum Gasteiger partial charge on any atom is 0.162 e. The summed E-state index contributed by atoms with van der Waals surface area (Å²) >= 11 is 0. The van der Waals surface area contributed by atoms with Crippen LogP contribution in [0.2, 0.25) is 0 Å². The Morgan fingerprint density at radius 2 is 2.12 bits per heavy atom. The second kappa shape index (κ2) is 8.92. The Morgan fingerprint density at radius 3 is 2.94 bits per heavy atom. The summed E-state index contributed by atoms with van der Waals surface area (Å²) in [6, 6.07) is 6.25. The molecule has 4 aromatic heterocycles. The summed E-state index contributed by atoms with van der Waals surface area (Å²) in [5, 5.41) is 15.0. The fraction of sp³-hybridized carbons (Fsp3) is 0.417. The molecule has 9 heteroatoms. The predicted octanol–water partition coefficient (Wildman–Crippen LogP) is 3.11. The van der Waals surface area contributed by atoms with Crippen molar-refractivity contribution in [2.45, 2.75) is 39.8 Å². The van der Waals surface area contributed by atoms with Gasteiger partial charge >= 0.3 is 0 Å². The predicted molar refractivity (Wildman–Crippen MR) is 127 cm³/mol. The maximum absolute atomic E-state index is 9.26. The normalized spacial score (nSPS) is 16.6. The first-order valence-electron chi connectivity index (χ1n) is 11.4. The number of aromatic amines is 1. The minimum Gasteiger partial charge on any atom is -0.396 e. The van der Waals surface area contributed by atoms with Crippen LogP contribution in [-0.2, 0) is 11.3 Å². The van der Waals surface area contributed by atoms with Crippen molar-refractivity contribution in [2.75, 3.05) is 31.3 Å². The van der Waals surface area contributed by atoms with Crippen LogP contribution >= 0.6 is 0 Å². The molecule has 9 nitrogen and oxygen atoms in total. The highest BCUT2D eigenvalue weighted by Crippen LogP contribution is 2.33. The molecular weight excluding hydrogens is 418 g/mol. The first-order valence-corrected chi connectivity index (χ1v) is 11.4. The van der Waals surface area contributed by atoms with E-state index >= 15 is 0 Å². The van der Waals surface area contributed by atoms with Crippen molar-refractivity contribution < 1.29 is 9.84 Å². The van der Waals surface area contributed by atoms with Gasteiger partial charge in [0.15, 0.2) is 5.82 Å². The molecule has 1 saturated heterocycles. The summed E-state index contributed by atoms with van der Waals surface area (Å²) in [5.41, 5.74) is 5.56. The van der Waals surface area contributed by atoms with Crippen LogP contribution in [0.1, 0.15) is 24.7 Å². The SMILES string of the molecule is Cc1nn(CCCO)c(C)c1-c1cc(N2CCOC[C@H]2C)nc(-c2ccnc3[nH]ccc23)n1. The number of hydrogen-bond acceptors (Lipinski definition) is 7. The Balaban J connectivity index is 1.69. The second-order valence-electron chi connectivity index (χ2n) is 8.50. The van der Waals surface area contributed by atoms with E-state index in [1.807, 2.05) is 29.9 Å². The zero-order valence-corrected chi connectivity index (χ0v) is 19.2. The number of aliphatic hydroxyl groups is 1. The van der Waals surface area contributed by atoms with Crippen LogP contribution in [0.4, 0.5) is 5.82 Å². The van der Waals surface area contributed by atoms with Gasteiger partial charge in [0.2, 0.25) is 0 Å². The van der Waals surface area contributed by atoms with Gasteiger partial charge in [-0.1, -0.05) is 0 Å². The summed E-state index contributed by atoms with van der Waals surface area (Å²) in [4.78, 5) is 19.9. The van der Waals surface area contributed by atoms with Crippen molar-refractivity contribution in [1.82, 2.24) is 29.7 Å². The van der Waals surface area contributed by atoms with Crippen molar-refractivity contribution in [3.05, 3.63) is 42.0 Å². The van der Waals surface area contributed by atoms with E-state index in [0.29, 0.717) is 32.0 Å². The lowest BCUT2D eigenvalue weighted by Gasteiger charge is -2.34. The summed E-state index contributed by atoms with van der Waals surface area (Å²) in [6.45, 7) is 9.15. The summed E-state index contributed by atoms with van der Waals surface area (Å²) < 4.78 is 7.61. The average Bonchev–Trinajstić information content (AvgIpc) is 3.41. The summed E-state index contributed by atoms with van der Waals surface area (Å²) in [6.07, 6.45) is 4.33. The summed E-state index contributed by atoms with van der Waals surface area (Å²) in [7, 11) is 0. The van der Waals surface area contributed by atoms with Crippen molar-refractivity contribution in [2.24, 2.45) is 0 Å². The van der Waals surface area contributed by atoms with Gasteiger partial charge in [0.05, 0.1) is 30.6 Å². The fourth-order valence-electron chi connectivity index (χ4n) is 4.56. The van der Waals surface area contributed by atoms with Crippen LogP contribution in [0.5, 0.6) is 0 Å². The minimum absolute atomic E-state index is 0.138. The Bertz CT molecular complexity index is 1280. The lowest BCUT2D eigenvalue weighted by atomic mass is 10.1. The molecule has 172 valence electrons. The second-order valence-corrected chi connectivity index (χ2v) is 8.50. The van der Waals surface area contributed by atoms with E-state index in [1.165, 1.54) is 0 Å². The minimum atomic E-state index is 0.138. The number of nitrogens with one attached hydrogen (secondary N) is 1. The molecule has 0 aliphatic carbocycles. The van der Waals surface area contributed by atoms with Crippen LogP contribution in [0.3, 0.4) is 0 Å². The number of aryl methyl sites for hydroxylation is 2. The van der Waals surface area contributed by atoms with E-state index in [2.05, 4.69) is 34.8 Å². The molecule has 0 saturated carbocycles. The van der Waals surface area contributed by atoms with E-state index in [1.54, 1.807) is 6.20 Å². The number of ether oxygens (including phenoxy) is 1. The van der Waals surface area contributed by atoms with Gasteiger partial charge in [-0.25, -0.2) is 15.0 Å². The van der Waals surface area contributed by atoms with Gasteiger partial charge in [-0.2, -0.15) is 5.10 Å². The molecule has 2 N–H and O–H groups in total. The Morgan fingerprint density at radius 1 is 1.24 bits per heavy atom. The molecule has 5 rings (SSSR count). The maximum atomic E-state index is 9.26. The average molecular weight is 448 g/mol. The van der Waals surface area contributed by atoms with E-state index in [-0.39, 0.29) is 12.6 Å². The van der Waals surface area contributed by atoms with Gasteiger partial charge in [0, 0.05) is 60.4 Å². The Hall–Kier alpha value is -3.30. The van der Waals surface area contributed by atoms with Crippen molar-refractivity contribution >= 4 is 16.9 Å². The number of nitrogens with zero attached hydrogens (tertiary/aromatic N) is 6. The largest absolute Gasteiger partial charge is 0.396 e. The van der Waals surface area contributed by atoms with Crippen molar-refractivity contribution in [3.63, 3.8) is 0 Å². The highest BCUT2D eigenvalue weighted by Gasteiger charge is 2.24. The molecule has 0 radical (unpaired) electrons. The molecule has 1 atom stereocenters. The van der Waals surface area contributed by atoms with Crippen LogP contribution in [0.25, 0.3) is 33.7 Å². The van der Waals surface area contributed by atoms with Gasteiger partial charge in [-0.3, -0.25) is 4.68 Å². The topological polar surface area (TPSA) is 105 Å². The molecule has 0 spiro atoms. The molecule has 5 heterocycles. The van der Waals surface area contributed by atoms with Crippen LogP contribution < -0.4 is 4.90 Å². The van der Waals surface area contributed by atoms with Crippen LogP contribution in [0.15, 0.2) is 30.6 Å². The lowest BCUT2D eigenvalue weighted by Crippen LogP contribution is -2.44. The number of fused-ring (bicyclic) bond motifs is 1. The van der Waals surface area contributed by atoms with E-state index in [9.17, 15) is 5.11 Å². The van der Waals surface area contributed by atoms with Crippen LogP contribution in [-0.4, -0.2) is 67.2 Å². The van der Waals surface area contributed by atoms with Gasteiger partial charge in [0.25, 0.3) is 0 Å². The van der Waals surface area contributed by atoms with Gasteiger partial charge in [0.1, 0.15) is 11.5 Å². The number of hydrogen-bond donors (Lipinski definition) is 2. The molecule has 0 aromatic carbocycles.